The number of likely N-dealkylation sites (tertiary alicyclic amines) is 1. The number of anilines is 1. The van der Waals surface area contributed by atoms with Crippen LogP contribution < -0.4 is 10.1 Å². The van der Waals surface area contributed by atoms with Gasteiger partial charge in [0.1, 0.15) is 5.75 Å². The Balaban J connectivity index is 0.783. The number of piperidine rings is 1. The number of aromatic nitrogens is 2. The minimum absolute atomic E-state index is 0.0520. The van der Waals surface area contributed by atoms with Crippen LogP contribution >= 0.6 is 0 Å². The summed E-state index contributed by atoms with van der Waals surface area (Å²) in [6.45, 7) is 2.84. The Labute approximate surface area is 347 Å². The SMILES string of the molecule is O=C(CCC/C=C\C[C@@H]1[C@@H](CC[C@@H](O)CCc2ccccc2)[C@H](O)C[C@@H]1O)OCCCOC(=O)COc1cccc(CN2CCC[C@H](Nc3ccc4[nH]ncc4c3)C2)c1. The number of rotatable bonds is 23. The molecule has 2 aliphatic rings. The van der Waals surface area contributed by atoms with Gasteiger partial charge in [-0.2, -0.15) is 5.10 Å². The number of aliphatic hydroxyl groups is 3. The van der Waals surface area contributed by atoms with Crippen LogP contribution in [0.25, 0.3) is 10.9 Å². The van der Waals surface area contributed by atoms with Crippen LogP contribution in [-0.4, -0.2) is 99.6 Å². The van der Waals surface area contributed by atoms with Gasteiger partial charge in [-0.25, -0.2) is 4.79 Å². The maximum absolute atomic E-state index is 12.3. The smallest absolute Gasteiger partial charge is 0.344 e. The lowest BCUT2D eigenvalue weighted by Gasteiger charge is -2.33. The molecule has 1 saturated carbocycles. The fourth-order valence-corrected chi connectivity index (χ4v) is 8.41. The zero-order chi connectivity index (χ0) is 41.2. The first-order valence-electron chi connectivity index (χ1n) is 21.5. The lowest BCUT2D eigenvalue weighted by Crippen LogP contribution is -2.41. The second kappa shape index (κ2) is 23.1. The molecule has 0 bridgehead atoms. The van der Waals surface area contributed by atoms with E-state index in [0.717, 1.165) is 61.1 Å². The minimum Gasteiger partial charge on any atom is -0.482 e. The number of hydrogen-bond acceptors (Lipinski definition) is 11. The van der Waals surface area contributed by atoms with Crippen molar-refractivity contribution in [3.8, 4) is 5.75 Å². The normalized spacial score (nSPS) is 21.4. The van der Waals surface area contributed by atoms with Gasteiger partial charge in [0.25, 0.3) is 0 Å². The molecule has 0 spiro atoms. The number of fused-ring (bicyclic) bond motifs is 1. The van der Waals surface area contributed by atoms with Gasteiger partial charge in [0.05, 0.1) is 43.2 Å². The summed E-state index contributed by atoms with van der Waals surface area (Å²) in [6, 6.07) is 24.5. The van der Waals surface area contributed by atoms with Crippen LogP contribution in [0.5, 0.6) is 5.75 Å². The number of nitrogens with zero attached hydrogens (tertiary/aromatic N) is 2. The number of hydrogen-bond donors (Lipinski definition) is 5. The molecule has 1 aliphatic heterocycles. The van der Waals surface area contributed by atoms with Crippen molar-refractivity contribution in [1.29, 1.82) is 0 Å². The molecule has 6 rings (SSSR count). The molecule has 4 aromatic rings. The summed E-state index contributed by atoms with van der Waals surface area (Å²) in [5, 5.41) is 43.6. The molecule has 0 radical (unpaired) electrons. The van der Waals surface area contributed by atoms with E-state index in [2.05, 4.69) is 50.7 Å². The third-order valence-corrected chi connectivity index (χ3v) is 11.6. The molecular formula is C47H62N4O8. The largest absolute Gasteiger partial charge is 0.482 e. The van der Waals surface area contributed by atoms with E-state index >= 15 is 0 Å². The first-order valence-corrected chi connectivity index (χ1v) is 21.5. The number of esters is 2. The Hall–Kier alpha value is -4.75. The highest BCUT2D eigenvalue weighted by molar-refractivity contribution is 5.81. The van der Waals surface area contributed by atoms with Crippen molar-refractivity contribution < 1.29 is 39.1 Å². The molecule has 318 valence electrons. The molecule has 6 atom stereocenters. The fraction of sp³-hybridized carbons (Fsp3) is 0.511. The third kappa shape index (κ3) is 14.5. The van der Waals surface area contributed by atoms with Crippen molar-refractivity contribution in [2.24, 2.45) is 11.8 Å². The number of ether oxygens (including phenoxy) is 3. The molecule has 59 heavy (non-hydrogen) atoms. The summed E-state index contributed by atoms with van der Waals surface area (Å²) < 4.78 is 16.3. The fourth-order valence-electron chi connectivity index (χ4n) is 8.41. The van der Waals surface area contributed by atoms with Crippen molar-refractivity contribution in [3.05, 3.63) is 102 Å². The van der Waals surface area contributed by atoms with Crippen LogP contribution in [-0.2, 0) is 32.0 Å². The maximum Gasteiger partial charge on any atom is 0.344 e. The number of aromatic amines is 1. The number of H-pyrrole nitrogens is 1. The number of aliphatic hydroxyl groups excluding tert-OH is 3. The number of carbonyl (C=O) groups is 2. The van der Waals surface area contributed by atoms with Crippen LogP contribution in [0, 0.1) is 11.8 Å². The van der Waals surface area contributed by atoms with Gasteiger partial charge in [-0.1, -0.05) is 54.6 Å². The summed E-state index contributed by atoms with van der Waals surface area (Å²) in [7, 11) is 0. The molecule has 12 nitrogen and oxygen atoms in total. The Bertz CT molecular complexity index is 1900. The van der Waals surface area contributed by atoms with E-state index in [1.807, 2.05) is 60.8 Å². The molecule has 2 heterocycles. The number of aryl methyl sites for hydroxylation is 1. The monoisotopic (exact) mass is 810 g/mol. The Morgan fingerprint density at radius 3 is 2.59 bits per heavy atom. The van der Waals surface area contributed by atoms with Gasteiger partial charge in [0.15, 0.2) is 6.61 Å². The van der Waals surface area contributed by atoms with E-state index in [1.54, 1.807) is 0 Å². The lowest BCUT2D eigenvalue weighted by molar-refractivity contribution is -0.147. The number of allylic oxidation sites excluding steroid dienone is 2. The van der Waals surface area contributed by atoms with E-state index < -0.39 is 24.3 Å². The summed E-state index contributed by atoms with van der Waals surface area (Å²) >= 11 is 0. The van der Waals surface area contributed by atoms with Crippen molar-refractivity contribution >= 4 is 28.5 Å². The third-order valence-electron chi connectivity index (χ3n) is 11.6. The minimum atomic E-state index is -0.566. The molecule has 2 fully saturated rings. The average Bonchev–Trinajstić information content (AvgIpc) is 3.82. The average molecular weight is 811 g/mol. The molecule has 1 aromatic heterocycles. The summed E-state index contributed by atoms with van der Waals surface area (Å²) in [4.78, 5) is 27.0. The summed E-state index contributed by atoms with van der Waals surface area (Å²) in [5.41, 5.74) is 4.44. The first kappa shape index (κ1) is 43.8. The number of carbonyl (C=O) groups excluding carboxylic acids is 2. The highest BCUT2D eigenvalue weighted by Crippen LogP contribution is 2.38. The second-order valence-electron chi connectivity index (χ2n) is 16.2. The van der Waals surface area contributed by atoms with E-state index in [0.29, 0.717) is 63.2 Å². The first-order chi connectivity index (χ1) is 28.8. The van der Waals surface area contributed by atoms with Gasteiger partial charge >= 0.3 is 11.9 Å². The summed E-state index contributed by atoms with van der Waals surface area (Å²) in [5.74, 6) is -0.262. The van der Waals surface area contributed by atoms with E-state index in [4.69, 9.17) is 14.2 Å². The molecule has 1 saturated heterocycles. The highest BCUT2D eigenvalue weighted by atomic mass is 16.6. The standard InChI is InChI=1S/C47H62N4O8/c52-39(20-18-34-11-4-3-5-12-34)21-22-42-41(44(53)29-45(42)54)16-6-1-2-7-17-46(55)57-25-10-26-58-47(56)33-59-40-15-8-13-35(27-40)31-51-24-9-14-38(32-51)49-37-19-23-43-36(28-37)30-48-50-43/h1,3-6,8,11-13,15,19,23,27-28,30,38-39,41-42,44-45,49,52-54H,2,7,9-10,14,16-18,20-22,24-26,29,31-33H2,(H,48,50)/b6-1-/t38-,39-,41+,42+,44-,45+/m0/s1. The molecule has 3 aromatic carbocycles. The van der Waals surface area contributed by atoms with Crippen LogP contribution in [0.15, 0.2) is 91.1 Å². The quantitative estimate of drug-likeness (QED) is 0.0306. The predicted octanol–water partition coefficient (Wildman–Crippen LogP) is 6.74. The van der Waals surface area contributed by atoms with Crippen molar-refractivity contribution in [1.82, 2.24) is 15.1 Å². The van der Waals surface area contributed by atoms with Gasteiger partial charge in [0, 0.05) is 43.0 Å². The van der Waals surface area contributed by atoms with E-state index in [1.165, 1.54) is 5.56 Å². The Morgan fingerprint density at radius 2 is 1.73 bits per heavy atom. The number of benzene rings is 3. The van der Waals surface area contributed by atoms with Gasteiger partial charge in [-0.3, -0.25) is 14.8 Å². The zero-order valence-electron chi connectivity index (χ0n) is 34.1. The van der Waals surface area contributed by atoms with E-state index in [-0.39, 0.29) is 44.0 Å². The number of nitrogens with one attached hydrogen (secondary N) is 2. The van der Waals surface area contributed by atoms with Gasteiger partial charge in [-0.15, -0.1) is 0 Å². The summed E-state index contributed by atoms with van der Waals surface area (Å²) in [6.07, 6.45) is 12.3. The van der Waals surface area contributed by atoms with Crippen LogP contribution in [0.2, 0.25) is 0 Å². The van der Waals surface area contributed by atoms with Crippen molar-refractivity contribution in [2.45, 2.75) is 108 Å². The Kier molecular flexibility index (Phi) is 17.2. The van der Waals surface area contributed by atoms with E-state index in [9.17, 15) is 24.9 Å². The van der Waals surface area contributed by atoms with Crippen LogP contribution in [0.4, 0.5) is 5.69 Å². The van der Waals surface area contributed by atoms with Crippen molar-refractivity contribution in [3.63, 3.8) is 0 Å². The molecule has 12 heteroatoms. The highest BCUT2D eigenvalue weighted by Gasteiger charge is 2.40. The molecular weight excluding hydrogens is 749 g/mol. The molecule has 1 aliphatic carbocycles. The predicted molar refractivity (Wildman–Crippen MR) is 228 cm³/mol. The van der Waals surface area contributed by atoms with Gasteiger partial charge in [-0.05, 0) is 124 Å². The lowest BCUT2D eigenvalue weighted by atomic mass is 9.85. The van der Waals surface area contributed by atoms with Gasteiger partial charge < -0.3 is 34.8 Å². The Morgan fingerprint density at radius 1 is 0.915 bits per heavy atom. The molecule has 0 amide bonds. The van der Waals surface area contributed by atoms with Crippen LogP contribution in [0.1, 0.15) is 81.8 Å². The van der Waals surface area contributed by atoms with Crippen LogP contribution in [0.3, 0.4) is 0 Å². The maximum atomic E-state index is 12.3. The topological polar surface area (TPSA) is 166 Å². The number of unbranched alkanes of at least 4 members (excludes halogenated alkanes) is 1. The molecule has 0 unspecified atom stereocenters. The van der Waals surface area contributed by atoms with Gasteiger partial charge in [0.2, 0.25) is 0 Å². The van der Waals surface area contributed by atoms with Crippen molar-refractivity contribution in [2.75, 3.05) is 38.2 Å². The molecule has 5 N–H and O–H groups in total. The zero-order valence-corrected chi connectivity index (χ0v) is 34.1. The second-order valence-corrected chi connectivity index (χ2v) is 16.2.